The first-order valence-corrected chi connectivity index (χ1v) is 5.47. The summed E-state index contributed by atoms with van der Waals surface area (Å²) < 4.78 is 0. The van der Waals surface area contributed by atoms with Gasteiger partial charge in [-0.05, 0) is 12.1 Å². The highest BCUT2D eigenvalue weighted by molar-refractivity contribution is 5.66. The van der Waals surface area contributed by atoms with Gasteiger partial charge in [0.05, 0.1) is 5.69 Å². The zero-order chi connectivity index (χ0) is 11.0. The molecule has 0 unspecified atom stereocenters. The van der Waals surface area contributed by atoms with Gasteiger partial charge in [-0.25, -0.2) is 0 Å². The number of nitrogens with one attached hydrogen (secondary N) is 2. The van der Waals surface area contributed by atoms with Gasteiger partial charge in [0, 0.05) is 42.0 Å². The van der Waals surface area contributed by atoms with Crippen molar-refractivity contribution in [2.45, 2.75) is 13.0 Å². The Morgan fingerprint density at radius 3 is 2.81 bits per heavy atom. The molecule has 3 rings (SSSR count). The van der Waals surface area contributed by atoms with Gasteiger partial charge < -0.3 is 11.1 Å². The number of nitrogens with two attached hydrogens (primary N) is 1. The number of hydrogen-bond donors (Lipinski definition) is 3. The second-order valence-corrected chi connectivity index (χ2v) is 4.08. The maximum absolute atomic E-state index is 5.68. The van der Waals surface area contributed by atoms with E-state index in [2.05, 4.69) is 15.5 Å². The molecule has 0 radical (unpaired) electrons. The lowest BCUT2D eigenvalue weighted by Gasteiger charge is -2.12. The Morgan fingerprint density at radius 2 is 2.00 bits per heavy atom. The van der Waals surface area contributed by atoms with Crippen LogP contribution in [0.5, 0.6) is 0 Å². The summed E-state index contributed by atoms with van der Waals surface area (Å²) in [5.74, 6) is 0. The number of nitrogens with zero attached hydrogens (tertiary/aromatic N) is 1. The van der Waals surface area contributed by atoms with E-state index >= 15 is 0 Å². The highest BCUT2D eigenvalue weighted by Gasteiger charge is 2.17. The first-order valence-electron chi connectivity index (χ1n) is 5.47. The molecule has 1 aromatic heterocycles. The van der Waals surface area contributed by atoms with Gasteiger partial charge in [0.15, 0.2) is 0 Å². The highest BCUT2D eigenvalue weighted by atomic mass is 15.1. The molecule has 4 N–H and O–H groups in total. The number of nitrogen functional groups attached to an aromatic ring is 1. The van der Waals surface area contributed by atoms with Gasteiger partial charge in [0.1, 0.15) is 0 Å². The van der Waals surface area contributed by atoms with E-state index < -0.39 is 0 Å². The minimum Gasteiger partial charge on any atom is -0.399 e. The molecule has 1 aliphatic heterocycles. The molecule has 0 atom stereocenters. The SMILES string of the molecule is Nc1ccc(-c2n[nH]c3c2CNCC3)cc1. The van der Waals surface area contributed by atoms with E-state index in [-0.39, 0.29) is 0 Å². The Hall–Kier alpha value is -1.81. The van der Waals surface area contributed by atoms with Gasteiger partial charge in [-0.2, -0.15) is 5.10 Å². The van der Waals surface area contributed by atoms with Gasteiger partial charge in [0.2, 0.25) is 0 Å². The van der Waals surface area contributed by atoms with Crippen LogP contribution in [0.3, 0.4) is 0 Å². The van der Waals surface area contributed by atoms with Crippen molar-refractivity contribution in [2.75, 3.05) is 12.3 Å². The Balaban J connectivity index is 2.06. The molecule has 1 aromatic carbocycles. The minimum absolute atomic E-state index is 0.784. The lowest BCUT2D eigenvalue weighted by atomic mass is 10.0. The molecular formula is C12H14N4. The van der Waals surface area contributed by atoms with E-state index in [1.165, 1.54) is 11.3 Å². The predicted octanol–water partition coefficient (Wildman–Crippen LogP) is 1.30. The van der Waals surface area contributed by atoms with Gasteiger partial charge in [-0.15, -0.1) is 0 Å². The summed E-state index contributed by atoms with van der Waals surface area (Å²) in [6, 6.07) is 7.85. The second kappa shape index (κ2) is 3.64. The summed E-state index contributed by atoms with van der Waals surface area (Å²) >= 11 is 0. The summed E-state index contributed by atoms with van der Waals surface area (Å²) in [6.45, 7) is 1.92. The number of benzene rings is 1. The van der Waals surface area contributed by atoms with E-state index in [4.69, 9.17) is 5.73 Å². The van der Waals surface area contributed by atoms with Crippen LogP contribution < -0.4 is 11.1 Å². The fourth-order valence-corrected chi connectivity index (χ4v) is 2.11. The van der Waals surface area contributed by atoms with Crippen molar-refractivity contribution < 1.29 is 0 Å². The first kappa shape index (κ1) is 9.42. The summed E-state index contributed by atoms with van der Waals surface area (Å²) in [6.07, 6.45) is 1.03. The van der Waals surface area contributed by atoms with Crippen molar-refractivity contribution in [3.8, 4) is 11.3 Å². The zero-order valence-corrected chi connectivity index (χ0v) is 8.96. The van der Waals surface area contributed by atoms with E-state index in [1.807, 2.05) is 24.3 Å². The fourth-order valence-electron chi connectivity index (χ4n) is 2.11. The molecule has 82 valence electrons. The van der Waals surface area contributed by atoms with E-state index in [0.717, 1.165) is 36.5 Å². The topological polar surface area (TPSA) is 66.7 Å². The normalized spacial score (nSPS) is 14.8. The van der Waals surface area contributed by atoms with Crippen molar-refractivity contribution in [1.29, 1.82) is 0 Å². The molecule has 0 fully saturated rings. The molecule has 0 aliphatic carbocycles. The Bertz CT molecular complexity index is 498. The Kier molecular flexibility index (Phi) is 2.15. The largest absolute Gasteiger partial charge is 0.399 e. The molecule has 16 heavy (non-hydrogen) atoms. The molecule has 1 aliphatic rings. The van der Waals surface area contributed by atoms with Crippen LogP contribution in [0.2, 0.25) is 0 Å². The molecule has 0 bridgehead atoms. The van der Waals surface area contributed by atoms with Crippen molar-refractivity contribution in [2.24, 2.45) is 0 Å². The third kappa shape index (κ3) is 1.47. The van der Waals surface area contributed by atoms with Crippen molar-refractivity contribution >= 4 is 5.69 Å². The lowest BCUT2D eigenvalue weighted by Crippen LogP contribution is -2.23. The first-order chi connectivity index (χ1) is 7.84. The van der Waals surface area contributed by atoms with Crippen LogP contribution in [-0.4, -0.2) is 16.7 Å². The maximum atomic E-state index is 5.68. The third-order valence-corrected chi connectivity index (χ3v) is 2.99. The Labute approximate surface area is 93.9 Å². The van der Waals surface area contributed by atoms with Crippen LogP contribution in [-0.2, 0) is 13.0 Å². The molecular weight excluding hydrogens is 200 g/mol. The summed E-state index contributed by atoms with van der Waals surface area (Å²) in [5.41, 5.74) is 11.2. The van der Waals surface area contributed by atoms with E-state index in [1.54, 1.807) is 0 Å². The average molecular weight is 214 g/mol. The molecule has 0 saturated heterocycles. The number of rotatable bonds is 1. The summed E-state index contributed by atoms with van der Waals surface area (Å²) in [5, 5.41) is 10.9. The quantitative estimate of drug-likeness (QED) is 0.627. The summed E-state index contributed by atoms with van der Waals surface area (Å²) in [4.78, 5) is 0. The van der Waals surface area contributed by atoms with Crippen molar-refractivity contribution in [3.05, 3.63) is 35.5 Å². The molecule has 4 nitrogen and oxygen atoms in total. The van der Waals surface area contributed by atoms with E-state index in [0.29, 0.717) is 0 Å². The fraction of sp³-hybridized carbons (Fsp3) is 0.250. The van der Waals surface area contributed by atoms with Gasteiger partial charge in [0.25, 0.3) is 0 Å². The number of aromatic amines is 1. The lowest BCUT2D eigenvalue weighted by molar-refractivity contribution is 0.637. The molecule has 0 spiro atoms. The third-order valence-electron chi connectivity index (χ3n) is 2.99. The van der Waals surface area contributed by atoms with Gasteiger partial charge >= 0.3 is 0 Å². The number of aromatic nitrogens is 2. The summed E-state index contributed by atoms with van der Waals surface area (Å²) in [7, 11) is 0. The van der Waals surface area contributed by atoms with Crippen LogP contribution in [0.15, 0.2) is 24.3 Å². The van der Waals surface area contributed by atoms with Crippen LogP contribution in [0.4, 0.5) is 5.69 Å². The molecule has 0 saturated carbocycles. The van der Waals surface area contributed by atoms with Gasteiger partial charge in [-0.3, -0.25) is 5.10 Å². The maximum Gasteiger partial charge on any atom is 0.0968 e. The van der Waals surface area contributed by atoms with Crippen LogP contribution in [0, 0.1) is 0 Å². The number of anilines is 1. The molecule has 2 heterocycles. The Morgan fingerprint density at radius 1 is 1.19 bits per heavy atom. The van der Waals surface area contributed by atoms with Crippen molar-refractivity contribution in [1.82, 2.24) is 15.5 Å². The number of fused-ring (bicyclic) bond motifs is 1. The van der Waals surface area contributed by atoms with Crippen LogP contribution in [0.1, 0.15) is 11.3 Å². The number of H-pyrrole nitrogens is 1. The monoisotopic (exact) mass is 214 g/mol. The van der Waals surface area contributed by atoms with Crippen molar-refractivity contribution in [3.63, 3.8) is 0 Å². The predicted molar refractivity (Wildman–Crippen MR) is 63.8 cm³/mol. The average Bonchev–Trinajstić information content (AvgIpc) is 2.74. The van der Waals surface area contributed by atoms with Crippen LogP contribution in [0.25, 0.3) is 11.3 Å². The smallest absolute Gasteiger partial charge is 0.0968 e. The van der Waals surface area contributed by atoms with E-state index in [9.17, 15) is 0 Å². The number of hydrogen-bond acceptors (Lipinski definition) is 3. The second-order valence-electron chi connectivity index (χ2n) is 4.08. The molecule has 0 amide bonds. The van der Waals surface area contributed by atoms with Crippen LogP contribution >= 0.6 is 0 Å². The molecule has 2 aromatic rings. The van der Waals surface area contributed by atoms with Gasteiger partial charge in [-0.1, -0.05) is 12.1 Å². The highest BCUT2D eigenvalue weighted by Crippen LogP contribution is 2.26. The molecule has 4 heteroatoms. The zero-order valence-electron chi connectivity index (χ0n) is 8.96. The standard InChI is InChI=1S/C12H14N4/c13-9-3-1-8(2-4-9)12-10-7-14-6-5-11(10)15-16-12/h1-4,14H,5-7,13H2,(H,15,16). The minimum atomic E-state index is 0.784.